The van der Waals surface area contributed by atoms with Gasteiger partial charge in [0.25, 0.3) is 0 Å². The van der Waals surface area contributed by atoms with Crippen molar-refractivity contribution in [1.29, 1.82) is 0 Å². The number of amides is 1. The van der Waals surface area contributed by atoms with E-state index in [2.05, 4.69) is 15.6 Å². The topological polar surface area (TPSA) is 74.2 Å². The molecule has 0 bridgehead atoms. The van der Waals surface area contributed by atoms with Crippen LogP contribution in [0, 0.1) is 5.82 Å². The van der Waals surface area contributed by atoms with Gasteiger partial charge in [0.1, 0.15) is 11.6 Å². The summed E-state index contributed by atoms with van der Waals surface area (Å²) in [4.78, 5) is 16.2. The van der Waals surface area contributed by atoms with E-state index in [4.69, 9.17) is 0 Å². The third-order valence-electron chi connectivity index (χ3n) is 3.89. The largest absolute Gasteiger partial charge is 0.392 e. The minimum absolute atomic E-state index is 0.0139. The first-order valence-electron chi connectivity index (χ1n) is 7.17. The first kappa shape index (κ1) is 14.7. The van der Waals surface area contributed by atoms with Crippen molar-refractivity contribution in [3.63, 3.8) is 0 Å². The fourth-order valence-electron chi connectivity index (χ4n) is 2.72. The lowest BCUT2D eigenvalue weighted by atomic mass is 9.92. The summed E-state index contributed by atoms with van der Waals surface area (Å²) in [5.41, 5.74) is 0.273. The van der Waals surface area contributed by atoms with E-state index in [0.717, 1.165) is 25.7 Å². The predicted molar refractivity (Wildman–Crippen MR) is 78.7 cm³/mol. The van der Waals surface area contributed by atoms with Crippen LogP contribution >= 0.6 is 11.8 Å². The molecule has 3 rings (SSSR count). The molecule has 0 spiro atoms. The highest BCUT2D eigenvalue weighted by atomic mass is 32.2. The van der Waals surface area contributed by atoms with Gasteiger partial charge in [-0.2, -0.15) is 0 Å². The van der Waals surface area contributed by atoms with Gasteiger partial charge < -0.3 is 15.7 Å². The van der Waals surface area contributed by atoms with Crippen LogP contribution in [0.5, 0.6) is 0 Å². The van der Waals surface area contributed by atoms with Gasteiger partial charge in [0.15, 0.2) is 0 Å². The molecule has 1 saturated carbocycles. The van der Waals surface area contributed by atoms with Gasteiger partial charge in [-0.3, -0.25) is 4.79 Å². The summed E-state index contributed by atoms with van der Waals surface area (Å²) in [7, 11) is 0. The third kappa shape index (κ3) is 3.36. The normalized spacial score (nSPS) is 25.3. The van der Waals surface area contributed by atoms with E-state index in [1.807, 2.05) is 0 Å². The average Bonchev–Trinajstić information content (AvgIpc) is 2.47. The number of thioether (sulfide) groups is 1. The van der Waals surface area contributed by atoms with E-state index in [1.165, 1.54) is 17.8 Å². The van der Waals surface area contributed by atoms with Crippen LogP contribution in [0.4, 0.5) is 10.2 Å². The highest BCUT2D eigenvalue weighted by molar-refractivity contribution is 8.00. The molecule has 2 atom stereocenters. The number of aliphatic hydroxyl groups is 1. The maximum Gasteiger partial charge on any atom is 0.235 e. The number of halogens is 1. The van der Waals surface area contributed by atoms with Crippen molar-refractivity contribution in [1.82, 2.24) is 10.3 Å². The van der Waals surface area contributed by atoms with Crippen molar-refractivity contribution >= 4 is 23.5 Å². The molecule has 1 aromatic rings. The quantitative estimate of drug-likeness (QED) is 0.791. The minimum Gasteiger partial charge on any atom is -0.392 e. The minimum atomic E-state index is -0.380. The molecular weight excluding hydrogens is 293 g/mol. The number of anilines is 1. The second kappa shape index (κ2) is 6.29. The van der Waals surface area contributed by atoms with E-state index in [1.54, 1.807) is 0 Å². The Balaban J connectivity index is 1.70. The summed E-state index contributed by atoms with van der Waals surface area (Å²) in [5, 5.41) is 15.7. The van der Waals surface area contributed by atoms with Crippen LogP contribution in [0.25, 0.3) is 0 Å². The van der Waals surface area contributed by atoms with Gasteiger partial charge in [-0.15, -0.1) is 11.8 Å². The lowest BCUT2D eigenvalue weighted by Gasteiger charge is -2.28. The summed E-state index contributed by atoms with van der Waals surface area (Å²) >= 11 is 1.29. The van der Waals surface area contributed by atoms with E-state index >= 15 is 0 Å². The van der Waals surface area contributed by atoms with Crippen molar-refractivity contribution in [3.8, 4) is 0 Å². The van der Waals surface area contributed by atoms with Gasteiger partial charge in [-0.25, -0.2) is 9.37 Å². The Morgan fingerprint density at radius 2 is 2.29 bits per heavy atom. The fourth-order valence-corrected chi connectivity index (χ4v) is 3.50. The molecule has 1 fully saturated rings. The third-order valence-corrected chi connectivity index (χ3v) is 4.92. The number of aliphatic hydroxyl groups excluding tert-OH is 1. The standard InChI is InChI=1S/C14H18FN3O2S/c15-8-5-12-14(18-13(20)7-21-12)17-10(8)6-16-9-3-1-2-4-11(9)19/h5,9,11,16,19H,1-4,6-7H2,(H,17,18,20)/t9-,11-/m1/s1. The van der Waals surface area contributed by atoms with Crippen molar-refractivity contribution in [2.45, 2.75) is 49.3 Å². The van der Waals surface area contributed by atoms with Crippen LogP contribution in [-0.2, 0) is 11.3 Å². The number of aromatic nitrogens is 1. The smallest absolute Gasteiger partial charge is 0.235 e. The van der Waals surface area contributed by atoms with Crippen LogP contribution in [0.1, 0.15) is 31.4 Å². The number of hydrogen-bond donors (Lipinski definition) is 3. The molecule has 0 saturated heterocycles. The summed E-state index contributed by atoms with van der Waals surface area (Å²) in [6.07, 6.45) is 3.40. The van der Waals surface area contributed by atoms with Gasteiger partial charge in [-0.05, 0) is 18.9 Å². The number of carbonyl (C=O) groups is 1. The van der Waals surface area contributed by atoms with Crippen LogP contribution in [0.2, 0.25) is 0 Å². The zero-order valence-corrected chi connectivity index (χ0v) is 12.4. The number of nitrogens with one attached hydrogen (secondary N) is 2. The van der Waals surface area contributed by atoms with E-state index in [9.17, 15) is 14.3 Å². The Bertz CT molecular complexity index is 555. The number of hydrogen-bond acceptors (Lipinski definition) is 5. The predicted octanol–water partition coefficient (Wildman–Crippen LogP) is 1.66. The summed E-state index contributed by atoms with van der Waals surface area (Å²) in [6.45, 7) is 0.251. The molecule has 1 aliphatic heterocycles. The van der Waals surface area contributed by atoms with E-state index in [-0.39, 0.29) is 36.1 Å². The van der Waals surface area contributed by atoms with Crippen LogP contribution in [0.3, 0.4) is 0 Å². The molecule has 2 heterocycles. The lowest BCUT2D eigenvalue weighted by molar-refractivity contribution is -0.113. The molecule has 5 nitrogen and oxygen atoms in total. The molecule has 0 unspecified atom stereocenters. The molecule has 2 aliphatic rings. The maximum absolute atomic E-state index is 14.0. The molecule has 0 radical (unpaired) electrons. The SMILES string of the molecule is O=C1CSc2cc(F)c(CN[C@@H]3CCCC[C@H]3O)nc2N1. The number of pyridine rings is 1. The van der Waals surface area contributed by atoms with Crippen molar-refractivity contribution in [2.75, 3.05) is 11.1 Å². The van der Waals surface area contributed by atoms with Gasteiger partial charge in [0.05, 0.1) is 22.4 Å². The van der Waals surface area contributed by atoms with Crippen LogP contribution in [0.15, 0.2) is 11.0 Å². The average molecular weight is 311 g/mol. The Morgan fingerprint density at radius 3 is 3.10 bits per heavy atom. The Hall–Kier alpha value is -1.18. The van der Waals surface area contributed by atoms with Crippen molar-refractivity contribution in [3.05, 3.63) is 17.6 Å². The molecular formula is C14H18FN3O2S. The molecule has 114 valence electrons. The monoisotopic (exact) mass is 311 g/mol. The summed E-state index contributed by atoms with van der Waals surface area (Å²) in [5.74, 6) is 0.224. The molecule has 3 N–H and O–H groups in total. The molecule has 0 aromatic carbocycles. The van der Waals surface area contributed by atoms with E-state index in [0.29, 0.717) is 16.5 Å². The first-order valence-corrected chi connectivity index (χ1v) is 8.15. The zero-order chi connectivity index (χ0) is 14.8. The number of nitrogens with zero attached hydrogens (tertiary/aromatic N) is 1. The molecule has 7 heteroatoms. The molecule has 21 heavy (non-hydrogen) atoms. The Kier molecular flexibility index (Phi) is 4.42. The zero-order valence-electron chi connectivity index (χ0n) is 11.6. The highest BCUT2D eigenvalue weighted by Crippen LogP contribution is 2.31. The Morgan fingerprint density at radius 1 is 1.48 bits per heavy atom. The lowest BCUT2D eigenvalue weighted by Crippen LogP contribution is -2.41. The summed E-state index contributed by atoms with van der Waals surface area (Å²) in [6, 6.07) is 1.40. The van der Waals surface area contributed by atoms with Gasteiger partial charge in [0, 0.05) is 12.6 Å². The van der Waals surface area contributed by atoms with Gasteiger partial charge >= 0.3 is 0 Å². The summed E-state index contributed by atoms with van der Waals surface area (Å²) < 4.78 is 14.0. The highest BCUT2D eigenvalue weighted by Gasteiger charge is 2.24. The fraction of sp³-hybridized carbons (Fsp3) is 0.571. The van der Waals surface area contributed by atoms with Gasteiger partial charge in [-0.1, -0.05) is 12.8 Å². The maximum atomic E-state index is 14.0. The molecule has 1 aromatic heterocycles. The second-order valence-corrected chi connectivity index (χ2v) is 6.46. The van der Waals surface area contributed by atoms with Gasteiger partial charge in [0.2, 0.25) is 5.91 Å². The number of carbonyl (C=O) groups excluding carboxylic acids is 1. The molecule has 1 aliphatic carbocycles. The first-order chi connectivity index (χ1) is 10.1. The number of rotatable bonds is 3. The molecule has 1 amide bonds. The van der Waals surface area contributed by atoms with Crippen LogP contribution in [-0.4, -0.2) is 33.9 Å². The van der Waals surface area contributed by atoms with Crippen molar-refractivity contribution in [2.24, 2.45) is 0 Å². The van der Waals surface area contributed by atoms with E-state index < -0.39 is 0 Å². The number of fused-ring (bicyclic) bond motifs is 1. The second-order valence-electron chi connectivity index (χ2n) is 5.44. The van der Waals surface area contributed by atoms with Crippen molar-refractivity contribution < 1.29 is 14.3 Å². The van der Waals surface area contributed by atoms with Crippen LogP contribution < -0.4 is 10.6 Å². The Labute approximate surface area is 126 Å².